The van der Waals surface area contributed by atoms with Gasteiger partial charge in [-0.1, -0.05) is 128 Å². The summed E-state index contributed by atoms with van der Waals surface area (Å²) >= 11 is 5.40. The topological polar surface area (TPSA) is 29.0 Å². The Morgan fingerprint density at radius 3 is 2.59 bits per heavy atom. The van der Waals surface area contributed by atoms with Crippen LogP contribution in [-0.2, 0) is 0 Å². The fraction of sp³-hybridized carbons (Fsp3) is 0.244. The van der Waals surface area contributed by atoms with Crippen LogP contribution in [0.2, 0.25) is 0 Å². The second-order valence-electron chi connectivity index (χ2n) is 13.1. The third-order valence-corrected chi connectivity index (χ3v) is 10.7. The third kappa shape index (κ3) is 7.14. The van der Waals surface area contributed by atoms with Crippen molar-refractivity contribution in [2.75, 3.05) is 11.4 Å². The highest BCUT2D eigenvalue weighted by Gasteiger charge is 2.38. The summed E-state index contributed by atoms with van der Waals surface area (Å²) in [4.78, 5) is 12.5. The molecule has 4 heteroatoms. The molecule has 1 aliphatic heterocycles. The molecular weight excluding hydrogens is 615 g/mol. The Hall–Kier alpha value is -4.85. The van der Waals surface area contributed by atoms with Crippen molar-refractivity contribution in [1.29, 1.82) is 0 Å². The summed E-state index contributed by atoms with van der Waals surface area (Å²) in [6.45, 7) is 6.96. The van der Waals surface area contributed by atoms with Crippen molar-refractivity contribution in [1.82, 2.24) is 9.97 Å². The quantitative estimate of drug-likeness (QED) is 0.156. The van der Waals surface area contributed by atoms with E-state index >= 15 is 0 Å². The molecule has 0 bridgehead atoms. The minimum Gasteiger partial charge on any atom is -0.354 e. The lowest BCUT2D eigenvalue weighted by Gasteiger charge is -2.41. The van der Waals surface area contributed by atoms with Crippen LogP contribution in [0.1, 0.15) is 38.4 Å². The largest absolute Gasteiger partial charge is 0.354 e. The number of hydrogen-bond acceptors (Lipinski definition) is 4. The van der Waals surface area contributed by atoms with Gasteiger partial charge in [-0.3, -0.25) is 0 Å². The van der Waals surface area contributed by atoms with E-state index in [0.29, 0.717) is 11.8 Å². The first kappa shape index (κ1) is 32.7. The molecule has 3 nitrogen and oxygen atoms in total. The number of aromatic nitrogens is 2. The van der Waals surface area contributed by atoms with Gasteiger partial charge in [-0.05, 0) is 79.9 Å². The van der Waals surface area contributed by atoms with Crippen molar-refractivity contribution in [3.8, 4) is 22.5 Å². The van der Waals surface area contributed by atoms with Crippen LogP contribution < -0.4 is 4.90 Å². The van der Waals surface area contributed by atoms with Crippen LogP contribution in [0.3, 0.4) is 0 Å². The molecule has 1 aromatic heterocycles. The van der Waals surface area contributed by atoms with Gasteiger partial charge in [-0.15, -0.1) is 0 Å². The average Bonchev–Trinajstić information content (AvgIpc) is 3.23. The molecule has 0 spiro atoms. The predicted octanol–water partition coefficient (Wildman–Crippen LogP) is 10.6. The van der Waals surface area contributed by atoms with Gasteiger partial charge in [0.2, 0.25) is 0 Å². The molecule has 0 saturated carbocycles. The van der Waals surface area contributed by atoms with Crippen LogP contribution >= 0.6 is 12.6 Å². The number of nitrogens with zero attached hydrogens (tertiary/aromatic N) is 3. The Kier molecular flexibility index (Phi) is 10.1. The first-order valence-corrected chi connectivity index (χ1v) is 18.0. The minimum absolute atomic E-state index is 0.142. The molecule has 7 rings (SSSR count). The summed E-state index contributed by atoms with van der Waals surface area (Å²) in [6, 6.07) is 23.9. The molecule has 0 radical (unpaired) electrons. The van der Waals surface area contributed by atoms with E-state index in [1.807, 2.05) is 24.3 Å². The van der Waals surface area contributed by atoms with Crippen LogP contribution in [0, 0.1) is 29.9 Å². The Balaban J connectivity index is 1.21. The number of benzene rings is 1. The number of thiol groups is 1. The van der Waals surface area contributed by atoms with E-state index in [4.69, 9.17) is 22.6 Å². The highest BCUT2D eigenvalue weighted by Crippen LogP contribution is 2.42. The first-order valence-electron chi connectivity index (χ1n) is 17.5. The van der Waals surface area contributed by atoms with E-state index in [1.54, 1.807) is 0 Å². The van der Waals surface area contributed by atoms with Gasteiger partial charge in [0.15, 0.2) is 5.82 Å². The maximum atomic E-state index is 5.40. The Morgan fingerprint density at radius 2 is 1.82 bits per heavy atom. The molecular formula is C45H43N3S. The van der Waals surface area contributed by atoms with Crippen LogP contribution in [0.4, 0.5) is 5.69 Å². The monoisotopic (exact) mass is 657 g/mol. The predicted molar refractivity (Wildman–Crippen MR) is 209 cm³/mol. The van der Waals surface area contributed by atoms with Gasteiger partial charge >= 0.3 is 0 Å². The number of anilines is 1. The first-order chi connectivity index (χ1) is 24.1. The zero-order valence-corrected chi connectivity index (χ0v) is 29.0. The molecule has 3 aliphatic carbocycles. The van der Waals surface area contributed by atoms with E-state index in [9.17, 15) is 0 Å². The summed E-state index contributed by atoms with van der Waals surface area (Å²) in [5, 5.41) is 0.145. The second kappa shape index (κ2) is 15.1. The highest BCUT2D eigenvalue weighted by molar-refractivity contribution is 7.81. The van der Waals surface area contributed by atoms with Crippen molar-refractivity contribution >= 4 is 23.9 Å². The molecule has 0 N–H and O–H groups in total. The Bertz CT molecular complexity index is 1900. The van der Waals surface area contributed by atoms with E-state index in [2.05, 4.69) is 140 Å². The fourth-order valence-electron chi connectivity index (χ4n) is 7.45. The molecule has 4 aliphatic rings. The van der Waals surface area contributed by atoms with Gasteiger partial charge in [0.05, 0.1) is 28.7 Å². The van der Waals surface area contributed by atoms with Crippen molar-refractivity contribution in [2.45, 2.75) is 43.9 Å². The molecule has 49 heavy (non-hydrogen) atoms. The Morgan fingerprint density at radius 1 is 0.959 bits per heavy atom. The van der Waals surface area contributed by atoms with Crippen LogP contribution in [0.5, 0.6) is 0 Å². The molecule has 244 valence electrons. The zero-order chi connectivity index (χ0) is 33.6. The van der Waals surface area contributed by atoms with Gasteiger partial charge in [-0.25, -0.2) is 9.97 Å². The van der Waals surface area contributed by atoms with Crippen molar-refractivity contribution in [2.24, 2.45) is 17.8 Å². The number of hydrogen-bond donors (Lipinski definition) is 1. The van der Waals surface area contributed by atoms with E-state index in [0.717, 1.165) is 71.8 Å². The average molecular weight is 658 g/mol. The summed E-state index contributed by atoms with van der Waals surface area (Å²) < 4.78 is 0. The zero-order valence-electron chi connectivity index (χ0n) is 28.1. The number of fused-ring (bicyclic) bond motifs is 2. The van der Waals surface area contributed by atoms with E-state index < -0.39 is 0 Å². The van der Waals surface area contributed by atoms with Gasteiger partial charge < -0.3 is 4.90 Å². The summed E-state index contributed by atoms with van der Waals surface area (Å²) in [5.74, 6) is 1.73. The van der Waals surface area contributed by atoms with E-state index in [1.165, 1.54) is 11.1 Å². The van der Waals surface area contributed by atoms with Gasteiger partial charge in [0.25, 0.3) is 0 Å². The molecule has 0 saturated heterocycles. The summed E-state index contributed by atoms with van der Waals surface area (Å²) in [6.07, 6.45) is 35.4. The number of allylic oxidation sites excluding steroid dienone is 14. The lowest BCUT2D eigenvalue weighted by Crippen LogP contribution is -2.45. The second-order valence-corrected chi connectivity index (χ2v) is 13.7. The van der Waals surface area contributed by atoms with Crippen molar-refractivity contribution in [3.63, 3.8) is 0 Å². The van der Waals surface area contributed by atoms with Crippen LogP contribution in [0.15, 0.2) is 151 Å². The standard InChI is InChI=1S/C45H43N3S/c1-3-5-15-32(4-2)37-24-23-33-20-14-29-48(43-22-13-12-21-39(43)44(49)40(33)30-37)38-27-25-35(26-28-38)42-31-41(34-16-8-6-9-17-34)46-45(47-42)36-18-10-7-11-19-36/h3-6,8-10,12-22,25,27,30-31,33,39-40,43-44,49H,2,7,11,23-24,29H2,1H3/b5-3-,20-14-,32-15+. The number of rotatable bonds is 7. The SMILES string of the molecule is C=C/C(=C\C=C/C)C1=CC2C(/C=C\CN(c3c#cc(-c4cc(-c5ccccc5)nc(C5=CCCC=C5)n4)cc3)C3C=CC=CC3C2S)CC1. The lowest BCUT2D eigenvalue weighted by atomic mass is 9.73. The summed E-state index contributed by atoms with van der Waals surface area (Å²) in [7, 11) is 0. The molecule has 0 amide bonds. The van der Waals surface area contributed by atoms with E-state index in [-0.39, 0.29) is 17.2 Å². The smallest absolute Gasteiger partial charge is 0.160 e. The lowest BCUT2D eigenvalue weighted by molar-refractivity contribution is 0.360. The van der Waals surface area contributed by atoms with Gasteiger partial charge in [0.1, 0.15) is 0 Å². The summed E-state index contributed by atoms with van der Waals surface area (Å²) in [5.41, 5.74) is 8.39. The molecule has 2 heterocycles. The minimum atomic E-state index is 0.142. The molecule has 2 aromatic carbocycles. The fourth-order valence-corrected chi connectivity index (χ4v) is 8.03. The Labute approximate surface area is 297 Å². The molecule has 3 aromatic rings. The maximum Gasteiger partial charge on any atom is 0.160 e. The van der Waals surface area contributed by atoms with Crippen molar-refractivity contribution < 1.29 is 0 Å². The van der Waals surface area contributed by atoms with Crippen molar-refractivity contribution in [3.05, 3.63) is 169 Å². The molecule has 5 atom stereocenters. The third-order valence-electron chi connectivity index (χ3n) is 10.0. The van der Waals surface area contributed by atoms with Crippen LogP contribution in [-0.4, -0.2) is 27.8 Å². The van der Waals surface area contributed by atoms with Gasteiger partial charge in [0, 0.05) is 28.8 Å². The maximum absolute atomic E-state index is 5.40. The highest BCUT2D eigenvalue weighted by atomic mass is 32.1. The molecule has 5 unspecified atom stereocenters. The molecule has 0 fully saturated rings. The van der Waals surface area contributed by atoms with Crippen LogP contribution in [0.25, 0.3) is 28.1 Å². The normalized spacial score (nSPS) is 25.6. The van der Waals surface area contributed by atoms with Gasteiger partial charge in [-0.2, -0.15) is 12.6 Å².